The highest BCUT2D eigenvalue weighted by atomic mass is 16.6. The van der Waals surface area contributed by atoms with Crippen molar-refractivity contribution in [3.05, 3.63) is 18.3 Å². The molecule has 1 aliphatic rings. The Balaban J connectivity index is 1.86. The van der Waals surface area contributed by atoms with Crippen LogP contribution in [0.5, 0.6) is 5.75 Å². The summed E-state index contributed by atoms with van der Waals surface area (Å²) in [5.41, 5.74) is 5.04. The van der Waals surface area contributed by atoms with Crippen LogP contribution in [0.4, 0.5) is 10.6 Å². The summed E-state index contributed by atoms with van der Waals surface area (Å²) in [5, 5.41) is 0. The molecule has 2 rings (SSSR count). The highest BCUT2D eigenvalue weighted by Crippen LogP contribution is 2.20. The SMILES string of the molecule is CC(C)(C)OC(=O)N1CC[C@H](Oc2ccc(N)nc2)C1. The number of pyridine rings is 1. The summed E-state index contributed by atoms with van der Waals surface area (Å²) in [7, 11) is 0. The molecule has 0 spiro atoms. The molecule has 2 heterocycles. The number of rotatable bonds is 2. The molecule has 1 aromatic rings. The minimum atomic E-state index is -0.475. The first-order valence-electron chi connectivity index (χ1n) is 6.69. The number of nitrogens with two attached hydrogens (primary N) is 1. The molecule has 1 fully saturated rings. The number of nitrogen functional groups attached to an aromatic ring is 1. The summed E-state index contributed by atoms with van der Waals surface area (Å²) in [5.74, 6) is 1.12. The van der Waals surface area contributed by atoms with E-state index in [-0.39, 0.29) is 12.2 Å². The highest BCUT2D eigenvalue weighted by Gasteiger charge is 2.30. The van der Waals surface area contributed by atoms with Crippen molar-refractivity contribution in [1.29, 1.82) is 0 Å². The Morgan fingerprint density at radius 2 is 2.20 bits per heavy atom. The van der Waals surface area contributed by atoms with Gasteiger partial charge in [-0.15, -0.1) is 0 Å². The first kappa shape index (κ1) is 14.4. The van der Waals surface area contributed by atoms with Gasteiger partial charge in [-0.25, -0.2) is 9.78 Å². The largest absolute Gasteiger partial charge is 0.487 e. The number of likely N-dealkylation sites (tertiary alicyclic amines) is 1. The molecule has 6 heteroatoms. The lowest BCUT2D eigenvalue weighted by Gasteiger charge is -2.24. The number of anilines is 1. The highest BCUT2D eigenvalue weighted by molar-refractivity contribution is 5.68. The predicted octanol–water partition coefficient (Wildman–Crippen LogP) is 2.05. The van der Waals surface area contributed by atoms with Crippen molar-refractivity contribution in [2.24, 2.45) is 0 Å². The standard InChI is InChI=1S/C14H21N3O3/c1-14(2,3)20-13(18)17-7-6-11(9-17)19-10-4-5-12(15)16-8-10/h4-5,8,11H,6-7,9H2,1-3H3,(H2,15,16)/t11-/m0/s1. The Morgan fingerprint density at radius 3 is 2.80 bits per heavy atom. The van der Waals surface area contributed by atoms with Crippen LogP contribution in [-0.4, -0.2) is 40.8 Å². The van der Waals surface area contributed by atoms with Crippen LogP contribution >= 0.6 is 0 Å². The lowest BCUT2D eigenvalue weighted by Crippen LogP contribution is -2.36. The molecular weight excluding hydrogens is 258 g/mol. The second-order valence-electron chi connectivity index (χ2n) is 5.87. The van der Waals surface area contributed by atoms with E-state index in [4.69, 9.17) is 15.2 Å². The van der Waals surface area contributed by atoms with Crippen LogP contribution in [0.1, 0.15) is 27.2 Å². The Kier molecular flexibility index (Phi) is 4.01. The van der Waals surface area contributed by atoms with Gasteiger partial charge in [0, 0.05) is 13.0 Å². The van der Waals surface area contributed by atoms with E-state index in [9.17, 15) is 4.79 Å². The van der Waals surface area contributed by atoms with Crippen LogP contribution in [0.2, 0.25) is 0 Å². The molecule has 0 aromatic carbocycles. The monoisotopic (exact) mass is 279 g/mol. The molecule has 2 N–H and O–H groups in total. The smallest absolute Gasteiger partial charge is 0.410 e. The second-order valence-corrected chi connectivity index (χ2v) is 5.87. The van der Waals surface area contributed by atoms with Gasteiger partial charge in [0.2, 0.25) is 0 Å². The van der Waals surface area contributed by atoms with E-state index >= 15 is 0 Å². The Morgan fingerprint density at radius 1 is 1.45 bits per heavy atom. The number of ether oxygens (including phenoxy) is 2. The number of nitrogens with zero attached hydrogens (tertiary/aromatic N) is 2. The van der Waals surface area contributed by atoms with Crippen LogP contribution in [-0.2, 0) is 4.74 Å². The summed E-state index contributed by atoms with van der Waals surface area (Å²) >= 11 is 0. The maximum absolute atomic E-state index is 11.9. The van der Waals surface area contributed by atoms with Crippen molar-refractivity contribution in [1.82, 2.24) is 9.88 Å². The molecule has 0 saturated carbocycles. The number of carbonyl (C=O) groups is 1. The normalized spacial score (nSPS) is 18.9. The number of hydrogen-bond donors (Lipinski definition) is 1. The first-order valence-corrected chi connectivity index (χ1v) is 6.69. The molecular formula is C14H21N3O3. The quantitative estimate of drug-likeness (QED) is 0.896. The zero-order chi connectivity index (χ0) is 14.8. The van der Waals surface area contributed by atoms with Crippen LogP contribution in [0.25, 0.3) is 0 Å². The molecule has 1 saturated heterocycles. The molecule has 0 unspecified atom stereocenters. The van der Waals surface area contributed by atoms with Gasteiger partial charge >= 0.3 is 6.09 Å². The molecule has 1 aromatic heterocycles. The average molecular weight is 279 g/mol. The molecule has 110 valence electrons. The van der Waals surface area contributed by atoms with E-state index in [0.29, 0.717) is 24.7 Å². The number of amides is 1. The van der Waals surface area contributed by atoms with Gasteiger partial charge < -0.3 is 20.1 Å². The van der Waals surface area contributed by atoms with Crippen molar-refractivity contribution in [2.45, 2.75) is 38.9 Å². The number of carbonyl (C=O) groups excluding carboxylic acids is 1. The maximum Gasteiger partial charge on any atom is 0.410 e. The number of hydrogen-bond acceptors (Lipinski definition) is 5. The van der Waals surface area contributed by atoms with Crippen LogP contribution < -0.4 is 10.5 Å². The van der Waals surface area contributed by atoms with Gasteiger partial charge in [-0.3, -0.25) is 0 Å². The third-order valence-corrected chi connectivity index (χ3v) is 2.86. The Labute approximate surface area is 118 Å². The van der Waals surface area contributed by atoms with Gasteiger partial charge in [0.15, 0.2) is 0 Å². The summed E-state index contributed by atoms with van der Waals surface area (Å²) < 4.78 is 11.1. The molecule has 20 heavy (non-hydrogen) atoms. The van der Waals surface area contributed by atoms with Gasteiger partial charge in [0.05, 0.1) is 12.7 Å². The topological polar surface area (TPSA) is 77.7 Å². The molecule has 6 nitrogen and oxygen atoms in total. The molecule has 1 aliphatic heterocycles. The van der Waals surface area contributed by atoms with Gasteiger partial charge in [-0.2, -0.15) is 0 Å². The van der Waals surface area contributed by atoms with Crippen molar-refractivity contribution < 1.29 is 14.3 Å². The number of aromatic nitrogens is 1. The molecule has 0 radical (unpaired) electrons. The van der Waals surface area contributed by atoms with Crippen molar-refractivity contribution in [3.8, 4) is 5.75 Å². The summed E-state index contributed by atoms with van der Waals surface area (Å²) in [4.78, 5) is 17.6. The van der Waals surface area contributed by atoms with Crippen LogP contribution in [0, 0.1) is 0 Å². The third-order valence-electron chi connectivity index (χ3n) is 2.86. The fourth-order valence-electron chi connectivity index (χ4n) is 1.97. The zero-order valence-electron chi connectivity index (χ0n) is 12.1. The first-order chi connectivity index (χ1) is 9.33. The zero-order valence-corrected chi connectivity index (χ0v) is 12.1. The third kappa shape index (κ3) is 4.01. The van der Waals surface area contributed by atoms with E-state index in [1.54, 1.807) is 23.2 Å². The maximum atomic E-state index is 11.9. The van der Waals surface area contributed by atoms with Crippen molar-refractivity contribution >= 4 is 11.9 Å². The minimum Gasteiger partial charge on any atom is -0.487 e. The van der Waals surface area contributed by atoms with Crippen molar-refractivity contribution in [3.63, 3.8) is 0 Å². The molecule has 1 amide bonds. The van der Waals surface area contributed by atoms with Gasteiger partial charge in [-0.05, 0) is 32.9 Å². The average Bonchev–Trinajstić information content (AvgIpc) is 2.79. The predicted molar refractivity (Wildman–Crippen MR) is 75.5 cm³/mol. The summed E-state index contributed by atoms with van der Waals surface area (Å²) in [6, 6.07) is 3.47. The lowest BCUT2D eigenvalue weighted by molar-refractivity contribution is 0.0275. The van der Waals surface area contributed by atoms with E-state index < -0.39 is 5.60 Å². The van der Waals surface area contributed by atoms with Gasteiger partial charge in [0.25, 0.3) is 0 Å². The van der Waals surface area contributed by atoms with Gasteiger partial charge in [-0.1, -0.05) is 0 Å². The van der Waals surface area contributed by atoms with E-state index in [1.807, 2.05) is 20.8 Å². The van der Waals surface area contributed by atoms with Crippen LogP contribution in [0.15, 0.2) is 18.3 Å². The van der Waals surface area contributed by atoms with Crippen molar-refractivity contribution in [2.75, 3.05) is 18.8 Å². The van der Waals surface area contributed by atoms with E-state index in [1.165, 1.54) is 0 Å². The molecule has 1 atom stereocenters. The summed E-state index contributed by atoms with van der Waals surface area (Å²) in [6.07, 6.45) is 2.04. The Bertz CT molecular complexity index is 468. The molecule has 0 aliphatic carbocycles. The van der Waals surface area contributed by atoms with Gasteiger partial charge in [0.1, 0.15) is 23.3 Å². The lowest BCUT2D eigenvalue weighted by atomic mass is 10.2. The summed E-state index contributed by atoms with van der Waals surface area (Å²) in [6.45, 7) is 6.74. The minimum absolute atomic E-state index is 0.0343. The fraction of sp³-hybridized carbons (Fsp3) is 0.571. The molecule has 0 bridgehead atoms. The van der Waals surface area contributed by atoms with E-state index in [2.05, 4.69) is 4.98 Å². The second kappa shape index (κ2) is 5.56. The van der Waals surface area contributed by atoms with E-state index in [0.717, 1.165) is 6.42 Å². The fourth-order valence-corrected chi connectivity index (χ4v) is 1.97. The van der Waals surface area contributed by atoms with Crippen LogP contribution in [0.3, 0.4) is 0 Å². The Hall–Kier alpha value is -1.98.